The normalized spacial score (nSPS) is 10.7. The molecular weight excluding hydrogens is 412 g/mol. The molecule has 0 aliphatic carbocycles. The third-order valence-corrected chi connectivity index (χ3v) is 4.31. The summed E-state index contributed by atoms with van der Waals surface area (Å²) in [5.41, 5.74) is 1.50. The standard InChI is InChI=1S/C13H12Cl2IN3O/c1-17-13-11(16)10(6-20-2)18-12(19-13)8-5-7(14)3-4-9(8)15/h3-5H,6H2,1-2H3,(H,17,18,19). The molecule has 7 heteroatoms. The van der Waals surface area contributed by atoms with E-state index in [1.165, 1.54) is 0 Å². The lowest BCUT2D eigenvalue weighted by atomic mass is 10.2. The van der Waals surface area contributed by atoms with Crippen LogP contribution in [0, 0.1) is 3.57 Å². The van der Waals surface area contributed by atoms with Crippen LogP contribution in [0.4, 0.5) is 5.82 Å². The first-order valence-electron chi connectivity index (χ1n) is 5.75. The van der Waals surface area contributed by atoms with Crippen LogP contribution in [-0.4, -0.2) is 24.1 Å². The van der Waals surface area contributed by atoms with Gasteiger partial charge in [-0.05, 0) is 40.8 Å². The number of nitrogens with zero attached hydrogens (tertiary/aromatic N) is 2. The molecule has 106 valence electrons. The van der Waals surface area contributed by atoms with E-state index in [1.807, 2.05) is 7.05 Å². The number of hydrogen-bond acceptors (Lipinski definition) is 4. The first kappa shape index (κ1) is 15.8. The van der Waals surface area contributed by atoms with Gasteiger partial charge < -0.3 is 10.1 Å². The third kappa shape index (κ3) is 3.33. The van der Waals surface area contributed by atoms with E-state index in [4.69, 9.17) is 27.9 Å². The van der Waals surface area contributed by atoms with Crippen molar-refractivity contribution < 1.29 is 4.74 Å². The average molecular weight is 424 g/mol. The van der Waals surface area contributed by atoms with Crippen molar-refractivity contribution >= 4 is 51.6 Å². The number of methoxy groups -OCH3 is 1. The molecule has 0 saturated carbocycles. The van der Waals surface area contributed by atoms with Crippen molar-refractivity contribution in [2.45, 2.75) is 6.61 Å². The monoisotopic (exact) mass is 423 g/mol. The van der Waals surface area contributed by atoms with E-state index in [-0.39, 0.29) is 0 Å². The predicted octanol–water partition coefficient (Wildman–Crippen LogP) is 4.24. The van der Waals surface area contributed by atoms with Crippen LogP contribution in [0.15, 0.2) is 18.2 Å². The van der Waals surface area contributed by atoms with Gasteiger partial charge in [0.2, 0.25) is 0 Å². The molecule has 0 fully saturated rings. The van der Waals surface area contributed by atoms with Crippen LogP contribution in [0.25, 0.3) is 11.4 Å². The second kappa shape index (κ2) is 6.89. The molecule has 1 heterocycles. The Morgan fingerprint density at radius 1 is 1.30 bits per heavy atom. The summed E-state index contributed by atoms with van der Waals surface area (Å²) >= 11 is 14.4. The first-order chi connectivity index (χ1) is 9.56. The van der Waals surface area contributed by atoms with Gasteiger partial charge in [-0.2, -0.15) is 0 Å². The Hall–Kier alpha value is -0.630. The maximum atomic E-state index is 6.20. The van der Waals surface area contributed by atoms with Crippen molar-refractivity contribution in [1.29, 1.82) is 0 Å². The van der Waals surface area contributed by atoms with Gasteiger partial charge in [0.15, 0.2) is 5.82 Å². The minimum Gasteiger partial charge on any atom is -0.378 e. The maximum Gasteiger partial charge on any atom is 0.163 e. The van der Waals surface area contributed by atoms with E-state index < -0.39 is 0 Å². The van der Waals surface area contributed by atoms with Gasteiger partial charge in [0.25, 0.3) is 0 Å². The van der Waals surface area contributed by atoms with Gasteiger partial charge in [-0.15, -0.1) is 0 Å². The lowest BCUT2D eigenvalue weighted by Crippen LogP contribution is -2.06. The summed E-state index contributed by atoms with van der Waals surface area (Å²) < 4.78 is 6.10. The summed E-state index contributed by atoms with van der Waals surface area (Å²) in [4.78, 5) is 8.99. The number of hydrogen-bond donors (Lipinski definition) is 1. The summed E-state index contributed by atoms with van der Waals surface area (Å²) in [5.74, 6) is 1.26. The van der Waals surface area contributed by atoms with E-state index >= 15 is 0 Å². The zero-order valence-electron chi connectivity index (χ0n) is 10.9. The fourth-order valence-electron chi connectivity index (χ4n) is 1.68. The van der Waals surface area contributed by atoms with Crippen molar-refractivity contribution in [2.75, 3.05) is 19.5 Å². The van der Waals surface area contributed by atoms with Gasteiger partial charge in [0.1, 0.15) is 5.82 Å². The Labute approximate surface area is 141 Å². The van der Waals surface area contributed by atoms with E-state index in [2.05, 4.69) is 37.9 Å². The second-order valence-corrected chi connectivity index (χ2v) is 5.89. The van der Waals surface area contributed by atoms with Crippen molar-refractivity contribution in [3.05, 3.63) is 37.5 Å². The number of nitrogens with one attached hydrogen (secondary N) is 1. The van der Waals surface area contributed by atoms with Gasteiger partial charge in [0, 0.05) is 24.7 Å². The van der Waals surface area contributed by atoms with Crippen LogP contribution in [0.1, 0.15) is 5.69 Å². The third-order valence-electron chi connectivity index (χ3n) is 2.61. The first-order valence-corrected chi connectivity index (χ1v) is 7.58. The van der Waals surface area contributed by atoms with E-state index in [0.29, 0.717) is 28.0 Å². The largest absolute Gasteiger partial charge is 0.378 e. The summed E-state index contributed by atoms with van der Waals surface area (Å²) in [5, 5.41) is 4.19. The smallest absolute Gasteiger partial charge is 0.163 e. The fraction of sp³-hybridized carbons (Fsp3) is 0.231. The summed E-state index contributed by atoms with van der Waals surface area (Å²) in [6, 6.07) is 5.22. The summed E-state index contributed by atoms with van der Waals surface area (Å²) in [6.07, 6.45) is 0. The minimum atomic E-state index is 0.403. The summed E-state index contributed by atoms with van der Waals surface area (Å²) in [6.45, 7) is 0.403. The molecule has 0 amide bonds. The molecule has 1 aromatic heterocycles. The molecule has 0 unspecified atom stereocenters. The molecule has 0 atom stereocenters. The Kier molecular flexibility index (Phi) is 5.42. The highest BCUT2D eigenvalue weighted by atomic mass is 127. The number of benzene rings is 1. The zero-order valence-corrected chi connectivity index (χ0v) is 14.5. The van der Waals surface area contributed by atoms with Crippen LogP contribution in [0.5, 0.6) is 0 Å². The number of halogens is 3. The van der Waals surface area contributed by atoms with E-state index in [1.54, 1.807) is 25.3 Å². The highest BCUT2D eigenvalue weighted by Gasteiger charge is 2.14. The lowest BCUT2D eigenvalue weighted by Gasteiger charge is -2.11. The van der Waals surface area contributed by atoms with Gasteiger partial charge in [-0.3, -0.25) is 0 Å². The van der Waals surface area contributed by atoms with Crippen molar-refractivity contribution in [3.8, 4) is 11.4 Å². The Balaban J connectivity index is 2.61. The highest BCUT2D eigenvalue weighted by Crippen LogP contribution is 2.31. The maximum absolute atomic E-state index is 6.20. The minimum absolute atomic E-state index is 0.403. The molecule has 0 aliphatic heterocycles. The molecule has 0 aliphatic rings. The van der Waals surface area contributed by atoms with Crippen LogP contribution in [-0.2, 0) is 11.3 Å². The fourth-order valence-corrected chi connectivity index (χ4v) is 2.72. The number of anilines is 1. The van der Waals surface area contributed by atoms with Gasteiger partial charge in [-0.25, -0.2) is 9.97 Å². The van der Waals surface area contributed by atoms with Gasteiger partial charge in [-0.1, -0.05) is 23.2 Å². The molecule has 20 heavy (non-hydrogen) atoms. The van der Waals surface area contributed by atoms with Crippen molar-refractivity contribution in [3.63, 3.8) is 0 Å². The number of ether oxygens (including phenoxy) is 1. The van der Waals surface area contributed by atoms with Crippen LogP contribution in [0.3, 0.4) is 0 Å². The van der Waals surface area contributed by atoms with Crippen molar-refractivity contribution in [2.24, 2.45) is 0 Å². The molecule has 2 aromatic rings. The molecule has 0 radical (unpaired) electrons. The topological polar surface area (TPSA) is 47.0 Å². The summed E-state index contributed by atoms with van der Waals surface area (Å²) in [7, 11) is 3.44. The molecule has 2 rings (SSSR count). The van der Waals surface area contributed by atoms with E-state index in [9.17, 15) is 0 Å². The quantitative estimate of drug-likeness (QED) is 0.747. The SMILES string of the molecule is CNc1nc(-c2cc(Cl)ccc2Cl)nc(COC)c1I. The Morgan fingerprint density at radius 2 is 2.05 bits per heavy atom. The molecular formula is C13H12Cl2IN3O. The zero-order chi connectivity index (χ0) is 14.7. The highest BCUT2D eigenvalue weighted by molar-refractivity contribution is 14.1. The lowest BCUT2D eigenvalue weighted by molar-refractivity contribution is 0.181. The molecule has 0 spiro atoms. The molecule has 0 saturated heterocycles. The van der Waals surface area contributed by atoms with Crippen LogP contribution >= 0.6 is 45.8 Å². The Bertz CT molecular complexity index is 637. The predicted molar refractivity (Wildman–Crippen MR) is 90.5 cm³/mol. The number of rotatable bonds is 4. The Morgan fingerprint density at radius 3 is 2.70 bits per heavy atom. The number of aromatic nitrogens is 2. The van der Waals surface area contributed by atoms with Crippen LogP contribution in [0.2, 0.25) is 10.0 Å². The second-order valence-electron chi connectivity index (χ2n) is 3.96. The average Bonchev–Trinajstić information content (AvgIpc) is 2.44. The molecule has 1 N–H and O–H groups in total. The molecule has 0 bridgehead atoms. The van der Waals surface area contributed by atoms with Gasteiger partial charge in [0.05, 0.1) is 20.9 Å². The van der Waals surface area contributed by atoms with E-state index in [0.717, 1.165) is 15.1 Å². The van der Waals surface area contributed by atoms with Crippen molar-refractivity contribution in [1.82, 2.24) is 9.97 Å². The van der Waals surface area contributed by atoms with Crippen LogP contribution < -0.4 is 5.32 Å². The molecule has 4 nitrogen and oxygen atoms in total. The molecule has 1 aromatic carbocycles. The van der Waals surface area contributed by atoms with Gasteiger partial charge >= 0.3 is 0 Å².